The Balaban J connectivity index is 1.60. The lowest BCUT2D eigenvalue weighted by Gasteiger charge is -2.34. The first-order valence-electron chi connectivity index (χ1n) is 6.97. The molecular formula is C16H19N3S. The zero-order chi connectivity index (χ0) is 13.8. The highest BCUT2D eigenvalue weighted by atomic mass is 32.1. The predicted molar refractivity (Wildman–Crippen MR) is 86.8 cm³/mol. The van der Waals surface area contributed by atoms with Crippen molar-refractivity contribution in [2.75, 3.05) is 31.1 Å². The number of hydrogen-bond acceptors (Lipinski definition) is 4. The van der Waals surface area contributed by atoms with Crippen molar-refractivity contribution in [1.82, 2.24) is 5.01 Å². The third-order valence-corrected chi connectivity index (χ3v) is 4.53. The molecule has 2 aromatic rings. The Morgan fingerprint density at radius 1 is 1.00 bits per heavy atom. The van der Waals surface area contributed by atoms with Crippen LogP contribution >= 0.6 is 11.3 Å². The van der Waals surface area contributed by atoms with Gasteiger partial charge in [-0.3, -0.25) is 5.01 Å². The Morgan fingerprint density at radius 2 is 1.75 bits per heavy atom. The van der Waals surface area contributed by atoms with Gasteiger partial charge in [-0.15, -0.1) is 11.3 Å². The smallest absolute Gasteiger partial charge is 0.0746 e. The number of hydrazone groups is 1. The number of anilines is 1. The van der Waals surface area contributed by atoms with E-state index in [1.165, 1.54) is 10.6 Å². The fraction of sp³-hybridized carbons (Fsp3) is 0.312. The number of benzene rings is 1. The molecule has 4 heteroatoms. The van der Waals surface area contributed by atoms with Crippen LogP contribution in [0, 0.1) is 0 Å². The molecule has 1 aliphatic rings. The van der Waals surface area contributed by atoms with Crippen molar-refractivity contribution < 1.29 is 0 Å². The molecule has 3 nitrogen and oxygen atoms in total. The summed E-state index contributed by atoms with van der Waals surface area (Å²) in [6.45, 7) is 6.13. The summed E-state index contributed by atoms with van der Waals surface area (Å²) in [5.74, 6) is 0. The Morgan fingerprint density at radius 3 is 2.40 bits per heavy atom. The first-order valence-corrected chi connectivity index (χ1v) is 7.85. The maximum atomic E-state index is 4.74. The van der Waals surface area contributed by atoms with Crippen molar-refractivity contribution in [3.8, 4) is 0 Å². The molecule has 0 unspecified atom stereocenters. The molecule has 1 aromatic carbocycles. The fourth-order valence-corrected chi connectivity index (χ4v) is 3.11. The second kappa shape index (κ2) is 6.09. The molecule has 1 aromatic heterocycles. The highest BCUT2D eigenvalue weighted by Gasteiger charge is 2.16. The molecule has 1 saturated heterocycles. The average molecular weight is 285 g/mol. The number of rotatable bonds is 3. The first-order chi connectivity index (χ1) is 9.83. The monoisotopic (exact) mass is 285 g/mol. The summed E-state index contributed by atoms with van der Waals surface area (Å²) in [6.07, 6.45) is 0. The van der Waals surface area contributed by atoms with E-state index in [0.29, 0.717) is 0 Å². The number of hydrogen-bond donors (Lipinski definition) is 0. The van der Waals surface area contributed by atoms with Gasteiger partial charge in [-0.1, -0.05) is 24.3 Å². The van der Waals surface area contributed by atoms with Crippen LogP contribution in [0.15, 0.2) is 52.9 Å². The van der Waals surface area contributed by atoms with Crippen molar-refractivity contribution in [2.24, 2.45) is 5.10 Å². The third kappa shape index (κ3) is 3.02. The summed E-state index contributed by atoms with van der Waals surface area (Å²) < 4.78 is 0. The highest BCUT2D eigenvalue weighted by molar-refractivity contribution is 7.12. The molecule has 1 aliphatic heterocycles. The molecule has 0 bridgehead atoms. The molecule has 3 rings (SSSR count). The van der Waals surface area contributed by atoms with Gasteiger partial charge in [0.2, 0.25) is 0 Å². The second-order valence-electron chi connectivity index (χ2n) is 4.94. The lowest BCUT2D eigenvalue weighted by molar-refractivity contribution is 0.270. The lowest BCUT2D eigenvalue weighted by Crippen LogP contribution is -2.44. The number of para-hydroxylation sites is 1. The Hall–Kier alpha value is -1.81. The van der Waals surface area contributed by atoms with Gasteiger partial charge in [0, 0.05) is 23.7 Å². The van der Waals surface area contributed by atoms with Gasteiger partial charge in [-0.05, 0) is 30.5 Å². The minimum atomic E-state index is 0.984. The van der Waals surface area contributed by atoms with Gasteiger partial charge in [0.05, 0.1) is 18.8 Å². The minimum absolute atomic E-state index is 0.984. The summed E-state index contributed by atoms with van der Waals surface area (Å²) in [7, 11) is 0. The van der Waals surface area contributed by atoms with Crippen LogP contribution < -0.4 is 4.90 Å². The van der Waals surface area contributed by atoms with E-state index >= 15 is 0 Å². The van der Waals surface area contributed by atoms with E-state index in [-0.39, 0.29) is 0 Å². The molecule has 1 fully saturated rings. The predicted octanol–water partition coefficient (Wildman–Crippen LogP) is 3.29. The fourth-order valence-electron chi connectivity index (χ4n) is 2.44. The SMILES string of the molecule is C/C(=N\N1CCN(c2ccccc2)CC1)c1cccs1. The van der Waals surface area contributed by atoms with Gasteiger partial charge in [0.15, 0.2) is 0 Å². The van der Waals surface area contributed by atoms with Crippen LogP contribution in [0.2, 0.25) is 0 Å². The molecule has 104 valence electrons. The standard InChI is InChI=1S/C16H19N3S/c1-14(16-8-5-13-20-16)17-19-11-9-18(10-12-19)15-6-3-2-4-7-15/h2-8,13H,9-12H2,1H3/b17-14+. The average Bonchev–Trinajstić information content (AvgIpc) is 3.03. The second-order valence-corrected chi connectivity index (χ2v) is 5.89. The van der Waals surface area contributed by atoms with Crippen LogP contribution in [0.25, 0.3) is 0 Å². The van der Waals surface area contributed by atoms with E-state index in [1.807, 2.05) is 0 Å². The van der Waals surface area contributed by atoms with Gasteiger partial charge < -0.3 is 4.90 Å². The molecule has 0 radical (unpaired) electrons. The van der Waals surface area contributed by atoms with Crippen LogP contribution in [0.3, 0.4) is 0 Å². The molecule has 0 aliphatic carbocycles. The summed E-state index contributed by atoms with van der Waals surface area (Å²) in [5, 5.41) is 9.03. The van der Waals surface area contributed by atoms with E-state index < -0.39 is 0 Å². The molecule has 0 N–H and O–H groups in total. The first kappa shape index (κ1) is 13.2. The van der Waals surface area contributed by atoms with Crippen molar-refractivity contribution >= 4 is 22.7 Å². The van der Waals surface area contributed by atoms with Gasteiger partial charge in [0.1, 0.15) is 0 Å². The zero-order valence-electron chi connectivity index (χ0n) is 11.7. The maximum Gasteiger partial charge on any atom is 0.0746 e. The summed E-state index contributed by atoms with van der Waals surface area (Å²) in [5.41, 5.74) is 2.43. The van der Waals surface area contributed by atoms with Crippen molar-refractivity contribution in [2.45, 2.75) is 6.92 Å². The molecular weight excluding hydrogens is 266 g/mol. The summed E-state index contributed by atoms with van der Waals surface area (Å²) in [4.78, 5) is 3.68. The molecule has 2 heterocycles. The van der Waals surface area contributed by atoms with E-state index in [9.17, 15) is 0 Å². The molecule has 0 spiro atoms. The molecule has 20 heavy (non-hydrogen) atoms. The number of piperazine rings is 1. The number of thiophene rings is 1. The highest BCUT2D eigenvalue weighted by Crippen LogP contribution is 2.16. The van der Waals surface area contributed by atoms with Gasteiger partial charge in [-0.25, -0.2) is 0 Å². The number of nitrogens with zero attached hydrogens (tertiary/aromatic N) is 3. The lowest BCUT2D eigenvalue weighted by atomic mass is 10.2. The normalized spacial score (nSPS) is 16.6. The van der Waals surface area contributed by atoms with E-state index in [4.69, 9.17) is 5.10 Å². The van der Waals surface area contributed by atoms with Gasteiger partial charge in [0.25, 0.3) is 0 Å². The Kier molecular flexibility index (Phi) is 4.02. The van der Waals surface area contributed by atoms with Gasteiger partial charge >= 0.3 is 0 Å². The van der Waals surface area contributed by atoms with E-state index in [2.05, 4.69) is 64.7 Å². The van der Waals surface area contributed by atoms with Crippen molar-refractivity contribution in [3.05, 3.63) is 52.7 Å². The third-order valence-electron chi connectivity index (χ3n) is 3.55. The maximum absolute atomic E-state index is 4.74. The summed E-state index contributed by atoms with van der Waals surface area (Å²) >= 11 is 1.75. The van der Waals surface area contributed by atoms with Gasteiger partial charge in [-0.2, -0.15) is 5.10 Å². The van der Waals surface area contributed by atoms with Crippen LogP contribution in [0.4, 0.5) is 5.69 Å². The van der Waals surface area contributed by atoms with Crippen LogP contribution in [0.1, 0.15) is 11.8 Å². The van der Waals surface area contributed by atoms with E-state index in [1.54, 1.807) is 11.3 Å². The Labute approximate surface area is 124 Å². The van der Waals surface area contributed by atoms with E-state index in [0.717, 1.165) is 31.9 Å². The van der Waals surface area contributed by atoms with Crippen LogP contribution in [0.5, 0.6) is 0 Å². The minimum Gasteiger partial charge on any atom is -0.368 e. The molecule has 0 atom stereocenters. The topological polar surface area (TPSA) is 18.8 Å². The Bertz CT molecular complexity index is 555. The van der Waals surface area contributed by atoms with Crippen molar-refractivity contribution in [3.63, 3.8) is 0 Å². The van der Waals surface area contributed by atoms with Crippen molar-refractivity contribution in [1.29, 1.82) is 0 Å². The summed E-state index contributed by atoms with van der Waals surface area (Å²) in [6, 6.07) is 14.8. The largest absolute Gasteiger partial charge is 0.368 e. The van der Waals surface area contributed by atoms with Crippen LogP contribution in [-0.2, 0) is 0 Å². The van der Waals surface area contributed by atoms with Crippen LogP contribution in [-0.4, -0.2) is 36.9 Å². The zero-order valence-corrected chi connectivity index (χ0v) is 12.5. The molecule has 0 amide bonds. The quantitative estimate of drug-likeness (QED) is 0.806. The molecule has 0 saturated carbocycles.